The molecule has 3 N–H and O–H groups in total. The van der Waals surface area contributed by atoms with Crippen molar-refractivity contribution in [3.05, 3.63) is 17.7 Å². The van der Waals surface area contributed by atoms with Crippen molar-refractivity contribution in [2.75, 3.05) is 14.2 Å². The molecule has 0 aliphatic heterocycles. The van der Waals surface area contributed by atoms with Crippen molar-refractivity contribution in [3.8, 4) is 23.3 Å². The van der Waals surface area contributed by atoms with Crippen molar-refractivity contribution in [3.63, 3.8) is 0 Å². The van der Waals surface area contributed by atoms with Gasteiger partial charge in [-0.05, 0) is 0 Å². The number of nitrogens with zero attached hydrogens (tertiary/aromatic N) is 1. The van der Waals surface area contributed by atoms with Crippen molar-refractivity contribution in [2.45, 2.75) is 12.5 Å². The van der Waals surface area contributed by atoms with Crippen LogP contribution < -0.4 is 15.2 Å². The van der Waals surface area contributed by atoms with Crippen LogP contribution in [-0.4, -0.2) is 19.3 Å². The van der Waals surface area contributed by atoms with Gasteiger partial charge in [-0.3, -0.25) is 0 Å². The van der Waals surface area contributed by atoms with Crippen LogP contribution in [-0.2, 0) is 0 Å². The van der Waals surface area contributed by atoms with Crippen LogP contribution in [0.15, 0.2) is 12.1 Å². The minimum Gasteiger partial charge on any atom is -0.507 e. The molecule has 94 valence electrons. The number of hydrogen-bond donors (Lipinski definition) is 2. The Hall–Kier alpha value is -1.64. The van der Waals surface area contributed by atoms with Crippen LogP contribution in [0.4, 0.5) is 0 Å². The summed E-state index contributed by atoms with van der Waals surface area (Å²) in [5.74, 6) is 0.862. The van der Waals surface area contributed by atoms with Crippen molar-refractivity contribution in [1.29, 1.82) is 5.26 Å². The van der Waals surface area contributed by atoms with Gasteiger partial charge in [0.15, 0.2) is 0 Å². The second-order valence-corrected chi connectivity index (χ2v) is 3.23. The Kier molecular flexibility index (Phi) is 6.18. The lowest BCUT2D eigenvalue weighted by Crippen LogP contribution is -2.11. The lowest BCUT2D eigenvalue weighted by Gasteiger charge is -2.16. The molecule has 0 unspecified atom stereocenters. The van der Waals surface area contributed by atoms with Gasteiger partial charge in [0.25, 0.3) is 0 Å². The lowest BCUT2D eigenvalue weighted by molar-refractivity contribution is 0.375. The van der Waals surface area contributed by atoms with E-state index in [0.717, 1.165) is 0 Å². The Morgan fingerprint density at radius 1 is 1.41 bits per heavy atom. The van der Waals surface area contributed by atoms with Crippen molar-refractivity contribution in [1.82, 2.24) is 0 Å². The van der Waals surface area contributed by atoms with E-state index in [1.807, 2.05) is 6.07 Å². The normalized spacial score (nSPS) is 10.9. The van der Waals surface area contributed by atoms with Crippen LogP contribution in [0.25, 0.3) is 0 Å². The van der Waals surface area contributed by atoms with E-state index in [0.29, 0.717) is 17.1 Å². The minimum atomic E-state index is -0.578. The number of rotatable bonds is 4. The molecular weight excluding hydrogens is 244 g/mol. The summed E-state index contributed by atoms with van der Waals surface area (Å²) < 4.78 is 10.1. The maximum absolute atomic E-state index is 9.78. The molecule has 0 heterocycles. The predicted octanol–water partition coefficient (Wildman–Crippen LogP) is 1.74. The number of aromatic hydroxyl groups is 1. The highest BCUT2D eigenvalue weighted by Gasteiger charge is 2.18. The van der Waals surface area contributed by atoms with E-state index in [1.54, 1.807) is 6.07 Å². The summed E-state index contributed by atoms with van der Waals surface area (Å²) in [6.07, 6.45) is 0.107. The Morgan fingerprint density at radius 2 is 2.06 bits per heavy atom. The second-order valence-electron chi connectivity index (χ2n) is 3.23. The molecule has 17 heavy (non-hydrogen) atoms. The molecule has 5 nitrogen and oxygen atoms in total. The van der Waals surface area contributed by atoms with Crippen LogP contribution >= 0.6 is 12.4 Å². The van der Waals surface area contributed by atoms with Gasteiger partial charge >= 0.3 is 0 Å². The molecule has 0 aliphatic rings. The first-order chi connectivity index (χ1) is 7.63. The number of methoxy groups -OCH3 is 2. The van der Waals surface area contributed by atoms with Gasteiger partial charge in [0.1, 0.15) is 17.2 Å². The monoisotopic (exact) mass is 258 g/mol. The molecule has 0 spiro atoms. The van der Waals surface area contributed by atoms with E-state index in [-0.39, 0.29) is 24.6 Å². The fourth-order valence-corrected chi connectivity index (χ4v) is 1.45. The number of hydrogen-bond acceptors (Lipinski definition) is 5. The fraction of sp³-hybridized carbons (Fsp3) is 0.364. The average molecular weight is 259 g/mol. The van der Waals surface area contributed by atoms with E-state index in [4.69, 9.17) is 20.5 Å². The van der Waals surface area contributed by atoms with Crippen LogP contribution in [0, 0.1) is 11.3 Å². The highest BCUT2D eigenvalue weighted by Crippen LogP contribution is 2.37. The number of benzene rings is 1. The van der Waals surface area contributed by atoms with Crippen LogP contribution in [0.1, 0.15) is 18.0 Å². The van der Waals surface area contributed by atoms with Crippen LogP contribution in [0.3, 0.4) is 0 Å². The Bertz CT molecular complexity index is 418. The summed E-state index contributed by atoms with van der Waals surface area (Å²) in [5, 5.41) is 18.4. The number of ether oxygens (including phenoxy) is 2. The highest BCUT2D eigenvalue weighted by molar-refractivity contribution is 5.85. The summed E-state index contributed by atoms with van der Waals surface area (Å²) in [6.45, 7) is 0. The summed E-state index contributed by atoms with van der Waals surface area (Å²) in [4.78, 5) is 0. The quantitative estimate of drug-likeness (QED) is 0.859. The summed E-state index contributed by atoms with van der Waals surface area (Å²) in [7, 11) is 2.96. The molecule has 0 saturated carbocycles. The van der Waals surface area contributed by atoms with Gasteiger partial charge in [-0.2, -0.15) is 5.26 Å². The third-order valence-corrected chi connectivity index (χ3v) is 2.23. The third-order valence-electron chi connectivity index (χ3n) is 2.23. The Morgan fingerprint density at radius 3 is 2.53 bits per heavy atom. The zero-order valence-corrected chi connectivity index (χ0v) is 10.5. The molecule has 0 aromatic heterocycles. The summed E-state index contributed by atoms with van der Waals surface area (Å²) in [5.41, 5.74) is 6.19. The van der Waals surface area contributed by atoms with Gasteiger partial charge in [0.2, 0.25) is 0 Å². The van der Waals surface area contributed by atoms with E-state index in [1.165, 1.54) is 20.3 Å². The molecule has 0 fully saturated rings. The maximum Gasteiger partial charge on any atom is 0.131 e. The van der Waals surface area contributed by atoms with Gasteiger partial charge in [0, 0.05) is 12.1 Å². The van der Waals surface area contributed by atoms with Gasteiger partial charge in [-0.1, -0.05) is 0 Å². The number of nitriles is 1. The highest BCUT2D eigenvalue weighted by atomic mass is 35.5. The van der Waals surface area contributed by atoms with E-state index < -0.39 is 6.04 Å². The standard InChI is InChI=1S/C11H14N2O3.ClH/c1-15-7-5-9(14)11(8(13)3-4-12)10(6-7)16-2;/h5-6,8,14H,3,13H2,1-2H3;1H/t8-;/m0./s1. The summed E-state index contributed by atoms with van der Waals surface area (Å²) >= 11 is 0. The fourth-order valence-electron chi connectivity index (χ4n) is 1.45. The predicted molar refractivity (Wildman–Crippen MR) is 65.6 cm³/mol. The van der Waals surface area contributed by atoms with E-state index >= 15 is 0 Å². The number of nitrogens with two attached hydrogens (primary N) is 1. The van der Waals surface area contributed by atoms with Crippen LogP contribution in [0.5, 0.6) is 17.2 Å². The topological polar surface area (TPSA) is 88.5 Å². The zero-order chi connectivity index (χ0) is 12.1. The number of phenols is 1. The van der Waals surface area contributed by atoms with Crippen molar-refractivity contribution in [2.24, 2.45) is 5.73 Å². The SMILES string of the molecule is COc1cc(O)c([C@@H](N)CC#N)c(OC)c1.Cl. The first kappa shape index (κ1) is 15.4. The summed E-state index contributed by atoms with van der Waals surface area (Å²) in [6, 6.07) is 4.43. The molecule has 0 amide bonds. The van der Waals surface area contributed by atoms with Crippen molar-refractivity contribution < 1.29 is 14.6 Å². The largest absolute Gasteiger partial charge is 0.507 e. The molecule has 1 aromatic carbocycles. The molecule has 0 radical (unpaired) electrons. The first-order valence-corrected chi connectivity index (χ1v) is 4.71. The molecule has 0 aliphatic carbocycles. The molecule has 0 bridgehead atoms. The maximum atomic E-state index is 9.78. The Balaban J connectivity index is 0.00000256. The van der Waals surface area contributed by atoms with Gasteiger partial charge < -0.3 is 20.3 Å². The second kappa shape index (κ2) is 6.84. The molecular formula is C11H15ClN2O3. The number of phenolic OH excluding ortho intramolecular Hbond substituents is 1. The zero-order valence-electron chi connectivity index (χ0n) is 9.64. The number of halogens is 1. The van der Waals surface area contributed by atoms with E-state index in [9.17, 15) is 5.11 Å². The van der Waals surface area contributed by atoms with Crippen molar-refractivity contribution >= 4 is 12.4 Å². The minimum absolute atomic E-state index is 0. The molecule has 1 rings (SSSR count). The molecule has 1 atom stereocenters. The lowest BCUT2D eigenvalue weighted by atomic mass is 10.0. The van der Waals surface area contributed by atoms with Gasteiger partial charge in [-0.25, -0.2) is 0 Å². The smallest absolute Gasteiger partial charge is 0.131 e. The van der Waals surface area contributed by atoms with Gasteiger partial charge in [-0.15, -0.1) is 12.4 Å². The van der Waals surface area contributed by atoms with Gasteiger partial charge in [0.05, 0.1) is 38.3 Å². The third kappa shape index (κ3) is 3.41. The van der Waals surface area contributed by atoms with E-state index in [2.05, 4.69) is 0 Å². The first-order valence-electron chi connectivity index (χ1n) is 4.71. The molecule has 1 aromatic rings. The van der Waals surface area contributed by atoms with Crippen LogP contribution in [0.2, 0.25) is 0 Å². The average Bonchev–Trinajstić information content (AvgIpc) is 2.27. The Labute approximate surface area is 106 Å². The molecule has 6 heteroatoms. The molecule has 0 saturated heterocycles.